The summed E-state index contributed by atoms with van der Waals surface area (Å²) in [4.78, 5) is 20.4. The van der Waals surface area contributed by atoms with Crippen molar-refractivity contribution >= 4 is 12.1 Å². The maximum absolute atomic E-state index is 11.1. The molecule has 4 aliphatic rings. The first-order valence-electron chi connectivity index (χ1n) is 11.5. The molecule has 154 valence electrons. The molecule has 1 aromatic rings. The van der Waals surface area contributed by atoms with Crippen molar-refractivity contribution in [1.29, 1.82) is 0 Å². The predicted molar refractivity (Wildman–Crippen MR) is 116 cm³/mol. The van der Waals surface area contributed by atoms with E-state index in [1.807, 2.05) is 4.90 Å². The van der Waals surface area contributed by atoms with Crippen LogP contribution in [0.4, 0.5) is 0 Å². The van der Waals surface area contributed by atoms with Crippen LogP contribution in [0.15, 0.2) is 29.9 Å². The Balaban J connectivity index is 1.28. The third-order valence-electron chi connectivity index (χ3n) is 7.34. The van der Waals surface area contributed by atoms with E-state index < -0.39 is 0 Å². The van der Waals surface area contributed by atoms with Gasteiger partial charge in [0.15, 0.2) is 0 Å². The van der Waals surface area contributed by atoms with Crippen molar-refractivity contribution in [3.05, 3.63) is 46.8 Å². The van der Waals surface area contributed by atoms with Crippen LogP contribution in [0.2, 0.25) is 0 Å². The molecule has 4 nitrogen and oxygen atoms in total. The third kappa shape index (κ3) is 4.12. The lowest BCUT2D eigenvalue weighted by molar-refractivity contribution is -0.117. The van der Waals surface area contributed by atoms with E-state index in [1.54, 1.807) is 0 Å². The van der Waals surface area contributed by atoms with Gasteiger partial charge >= 0.3 is 0 Å². The van der Waals surface area contributed by atoms with Crippen LogP contribution in [-0.4, -0.2) is 47.4 Å². The Labute approximate surface area is 174 Å². The summed E-state index contributed by atoms with van der Waals surface area (Å²) in [6.45, 7) is 7.88. The minimum atomic E-state index is 0.666. The van der Waals surface area contributed by atoms with E-state index in [2.05, 4.69) is 23.6 Å². The van der Waals surface area contributed by atoms with Crippen molar-refractivity contribution < 1.29 is 4.79 Å². The molecule has 2 aliphatic heterocycles. The molecule has 0 bridgehead atoms. The average molecular weight is 392 g/mol. The number of amides is 1. The molecule has 1 aromatic heterocycles. The number of hydrogen-bond acceptors (Lipinski definition) is 3. The fourth-order valence-corrected chi connectivity index (χ4v) is 5.38. The Morgan fingerprint density at radius 2 is 1.76 bits per heavy atom. The highest BCUT2D eigenvalue weighted by Gasteiger charge is 2.31. The molecule has 0 unspecified atom stereocenters. The van der Waals surface area contributed by atoms with E-state index in [9.17, 15) is 4.79 Å². The molecular weight excluding hydrogens is 358 g/mol. The summed E-state index contributed by atoms with van der Waals surface area (Å²) in [5.74, 6) is 1.56. The van der Waals surface area contributed by atoms with Gasteiger partial charge in [-0.1, -0.05) is 38.7 Å². The number of pyridine rings is 1. The monoisotopic (exact) mass is 391 g/mol. The third-order valence-corrected chi connectivity index (χ3v) is 7.34. The van der Waals surface area contributed by atoms with Gasteiger partial charge in [-0.15, -0.1) is 0 Å². The zero-order valence-electron chi connectivity index (χ0n) is 17.5. The molecule has 2 aliphatic carbocycles. The Morgan fingerprint density at radius 3 is 2.41 bits per heavy atom. The lowest BCUT2D eigenvalue weighted by Gasteiger charge is -2.25. The van der Waals surface area contributed by atoms with E-state index in [0.717, 1.165) is 50.6 Å². The number of nitrogens with zero attached hydrogens (tertiary/aromatic N) is 3. The lowest BCUT2D eigenvalue weighted by Crippen LogP contribution is -2.28. The number of rotatable bonds is 7. The van der Waals surface area contributed by atoms with Crippen molar-refractivity contribution in [1.82, 2.24) is 14.8 Å². The van der Waals surface area contributed by atoms with Crippen molar-refractivity contribution in [2.24, 2.45) is 5.92 Å². The molecular formula is C25H33N3O. The number of carbonyl (C=O) groups is 1. The van der Waals surface area contributed by atoms with Crippen molar-refractivity contribution in [2.45, 2.75) is 63.7 Å². The van der Waals surface area contributed by atoms with Gasteiger partial charge in [0.1, 0.15) is 0 Å². The van der Waals surface area contributed by atoms with Crippen molar-refractivity contribution in [3.63, 3.8) is 0 Å². The summed E-state index contributed by atoms with van der Waals surface area (Å²) in [5, 5.41) is 0. The molecule has 0 radical (unpaired) electrons. The summed E-state index contributed by atoms with van der Waals surface area (Å²) in [6, 6.07) is 4.60. The van der Waals surface area contributed by atoms with Gasteiger partial charge in [-0.25, -0.2) is 0 Å². The lowest BCUT2D eigenvalue weighted by atomic mass is 9.85. The van der Waals surface area contributed by atoms with Crippen LogP contribution in [-0.2, 0) is 11.2 Å². The SMILES string of the molecule is C=C(c1cc(CCC2CCCCC2)nc(C2CC2)c1)N1CC2=C(CN(C=O)C2)C1. The highest BCUT2D eigenvalue weighted by molar-refractivity contribution is 5.65. The Morgan fingerprint density at radius 1 is 1.03 bits per heavy atom. The fraction of sp³-hybridized carbons (Fsp3) is 0.600. The molecule has 2 fully saturated rings. The van der Waals surface area contributed by atoms with Gasteiger partial charge in [0.25, 0.3) is 0 Å². The molecule has 4 heteroatoms. The Kier molecular flexibility index (Phi) is 5.19. The second kappa shape index (κ2) is 7.97. The molecule has 5 rings (SSSR count). The second-order valence-electron chi connectivity index (χ2n) is 9.61. The number of aromatic nitrogens is 1. The van der Waals surface area contributed by atoms with Gasteiger partial charge in [-0.2, -0.15) is 0 Å². The maximum atomic E-state index is 11.1. The molecule has 0 N–H and O–H groups in total. The van der Waals surface area contributed by atoms with E-state index in [0.29, 0.717) is 5.92 Å². The predicted octanol–water partition coefficient (Wildman–Crippen LogP) is 4.53. The van der Waals surface area contributed by atoms with E-state index >= 15 is 0 Å². The smallest absolute Gasteiger partial charge is 0.210 e. The van der Waals surface area contributed by atoms with Gasteiger partial charge in [-0.3, -0.25) is 9.78 Å². The van der Waals surface area contributed by atoms with Gasteiger partial charge in [0.05, 0.1) is 0 Å². The van der Waals surface area contributed by atoms with Gasteiger partial charge in [0.2, 0.25) is 6.41 Å². The molecule has 0 atom stereocenters. The van der Waals surface area contributed by atoms with Crippen LogP contribution in [0.3, 0.4) is 0 Å². The fourth-order valence-electron chi connectivity index (χ4n) is 5.38. The Bertz CT molecular complexity index is 814. The minimum absolute atomic E-state index is 0.666. The number of aryl methyl sites for hydroxylation is 1. The molecule has 29 heavy (non-hydrogen) atoms. The molecule has 3 heterocycles. The van der Waals surface area contributed by atoms with Crippen LogP contribution in [0.25, 0.3) is 5.70 Å². The first-order valence-corrected chi connectivity index (χ1v) is 11.5. The van der Waals surface area contributed by atoms with Crippen molar-refractivity contribution in [3.8, 4) is 0 Å². The van der Waals surface area contributed by atoms with Crippen LogP contribution in [0, 0.1) is 5.92 Å². The van der Waals surface area contributed by atoms with Crippen LogP contribution >= 0.6 is 0 Å². The van der Waals surface area contributed by atoms with E-state index in [1.165, 1.54) is 79.5 Å². The molecule has 2 saturated carbocycles. The quantitative estimate of drug-likeness (QED) is 0.506. The zero-order valence-corrected chi connectivity index (χ0v) is 17.5. The summed E-state index contributed by atoms with van der Waals surface area (Å²) >= 11 is 0. The van der Waals surface area contributed by atoms with Gasteiger partial charge in [0, 0.05) is 54.7 Å². The molecule has 0 aromatic carbocycles. The number of hydrogen-bond donors (Lipinski definition) is 0. The molecule has 0 saturated heterocycles. The van der Waals surface area contributed by atoms with Crippen LogP contribution in [0.1, 0.15) is 74.2 Å². The largest absolute Gasteiger partial charge is 0.363 e. The summed E-state index contributed by atoms with van der Waals surface area (Å²) < 4.78 is 0. The molecule has 1 amide bonds. The highest BCUT2D eigenvalue weighted by Crippen LogP contribution is 2.40. The minimum Gasteiger partial charge on any atom is -0.363 e. The number of carbonyl (C=O) groups excluding carboxylic acids is 1. The Hall–Kier alpha value is -2.10. The second-order valence-corrected chi connectivity index (χ2v) is 9.61. The van der Waals surface area contributed by atoms with Gasteiger partial charge in [-0.05, 0) is 54.9 Å². The summed E-state index contributed by atoms with van der Waals surface area (Å²) in [5.41, 5.74) is 7.76. The standard InChI is InChI=1S/C25H33N3O/c1-18(28-15-22-13-27(17-29)14-23(22)16-28)21-11-24(26-25(12-21)20-8-9-20)10-7-19-5-3-2-4-6-19/h11-12,17,19-20H,1-10,13-16H2. The molecule has 0 spiro atoms. The van der Waals surface area contributed by atoms with E-state index in [4.69, 9.17) is 4.98 Å². The normalized spacial score (nSPS) is 22.3. The maximum Gasteiger partial charge on any atom is 0.210 e. The van der Waals surface area contributed by atoms with Crippen molar-refractivity contribution in [2.75, 3.05) is 26.2 Å². The van der Waals surface area contributed by atoms with E-state index in [-0.39, 0.29) is 0 Å². The topological polar surface area (TPSA) is 36.4 Å². The first-order chi connectivity index (χ1) is 14.2. The van der Waals surface area contributed by atoms with Gasteiger partial charge < -0.3 is 9.80 Å². The van der Waals surface area contributed by atoms with Crippen LogP contribution < -0.4 is 0 Å². The first kappa shape index (κ1) is 18.9. The summed E-state index contributed by atoms with van der Waals surface area (Å²) in [7, 11) is 0. The summed E-state index contributed by atoms with van der Waals surface area (Å²) in [6.07, 6.45) is 13.0. The van der Waals surface area contributed by atoms with Crippen LogP contribution in [0.5, 0.6) is 0 Å². The zero-order chi connectivity index (χ0) is 19.8. The average Bonchev–Trinajstić information content (AvgIpc) is 3.42. The highest BCUT2D eigenvalue weighted by atomic mass is 16.1.